The van der Waals surface area contributed by atoms with Crippen molar-refractivity contribution in [3.8, 4) is 0 Å². The normalized spacial score (nSPS) is 20.1. The van der Waals surface area contributed by atoms with Crippen LogP contribution in [0.25, 0.3) is 0 Å². The molecule has 1 aromatic rings. The van der Waals surface area contributed by atoms with Gasteiger partial charge in [-0.1, -0.05) is 51.1 Å². The van der Waals surface area contributed by atoms with Crippen LogP contribution in [0.1, 0.15) is 39.2 Å². The number of amides is 1. The number of benzene rings is 1. The molecule has 1 aromatic carbocycles. The molecule has 0 spiro atoms. The lowest BCUT2D eigenvalue weighted by Crippen LogP contribution is -2.62. The van der Waals surface area contributed by atoms with Gasteiger partial charge in [-0.3, -0.25) is 0 Å². The van der Waals surface area contributed by atoms with E-state index in [9.17, 15) is 14.7 Å². The third-order valence-electron chi connectivity index (χ3n) is 5.73. The molecule has 8 heteroatoms. The van der Waals surface area contributed by atoms with E-state index in [1.165, 1.54) is 12.0 Å². The summed E-state index contributed by atoms with van der Waals surface area (Å²) < 4.78 is 4.91. The van der Waals surface area contributed by atoms with E-state index in [0.29, 0.717) is 24.6 Å². The lowest BCUT2D eigenvalue weighted by Gasteiger charge is -2.47. The molecule has 3 N–H and O–H groups in total. The van der Waals surface area contributed by atoms with Crippen LogP contribution in [0.5, 0.6) is 0 Å². The fraction of sp³-hybridized carbons (Fsp3) is 0.571. The molecule has 160 valence electrons. The highest BCUT2D eigenvalue weighted by Gasteiger charge is 2.51. The van der Waals surface area contributed by atoms with Crippen LogP contribution in [0, 0.1) is 5.41 Å². The van der Waals surface area contributed by atoms with Crippen molar-refractivity contribution in [3.05, 3.63) is 35.9 Å². The number of rotatable bonds is 6. The van der Waals surface area contributed by atoms with E-state index in [1.807, 2.05) is 51.1 Å². The zero-order chi connectivity index (χ0) is 21.7. The van der Waals surface area contributed by atoms with Crippen LogP contribution in [0.4, 0.5) is 4.79 Å². The molecular formula is C21H31N3O4S. The predicted octanol–water partition coefficient (Wildman–Crippen LogP) is 2.79. The molecule has 0 saturated carbocycles. The second kappa shape index (κ2) is 9.43. The zero-order valence-corrected chi connectivity index (χ0v) is 18.3. The highest BCUT2D eigenvalue weighted by Crippen LogP contribution is 2.43. The summed E-state index contributed by atoms with van der Waals surface area (Å²) in [5.41, 5.74) is 0.123. The number of carboxylic acid groups (broad SMARTS) is 1. The van der Waals surface area contributed by atoms with Crippen LogP contribution < -0.4 is 10.6 Å². The molecule has 7 nitrogen and oxygen atoms in total. The summed E-state index contributed by atoms with van der Waals surface area (Å²) >= 11 is 5.43. The highest BCUT2D eigenvalue weighted by atomic mass is 32.1. The fourth-order valence-corrected chi connectivity index (χ4v) is 4.22. The summed E-state index contributed by atoms with van der Waals surface area (Å²) in [6.45, 7) is 7.00. The average molecular weight is 422 g/mol. The number of carbonyl (C=O) groups excluding carboxylic acids is 1. The van der Waals surface area contributed by atoms with Gasteiger partial charge in [-0.25, -0.2) is 9.59 Å². The fourth-order valence-electron chi connectivity index (χ4n) is 4.01. The number of likely N-dealkylation sites (tertiary alicyclic amines) is 1. The van der Waals surface area contributed by atoms with Gasteiger partial charge in [0.15, 0.2) is 5.11 Å². The van der Waals surface area contributed by atoms with E-state index in [1.54, 1.807) is 0 Å². The van der Waals surface area contributed by atoms with E-state index >= 15 is 0 Å². The van der Waals surface area contributed by atoms with E-state index in [2.05, 4.69) is 10.6 Å². The minimum absolute atomic E-state index is 0.281. The van der Waals surface area contributed by atoms with Gasteiger partial charge in [0.1, 0.15) is 6.04 Å². The topological polar surface area (TPSA) is 90.9 Å². The van der Waals surface area contributed by atoms with Gasteiger partial charge in [0.05, 0.1) is 12.6 Å². The first-order valence-corrected chi connectivity index (χ1v) is 10.2. The van der Waals surface area contributed by atoms with E-state index in [0.717, 1.165) is 18.4 Å². The summed E-state index contributed by atoms with van der Waals surface area (Å²) in [4.78, 5) is 25.5. The Morgan fingerprint density at radius 1 is 1.31 bits per heavy atom. The van der Waals surface area contributed by atoms with Crippen LogP contribution in [0.3, 0.4) is 0 Å². The molecule has 2 rings (SSSR count). The van der Waals surface area contributed by atoms with Gasteiger partial charge in [0.25, 0.3) is 0 Å². The minimum atomic E-state index is -0.922. The number of nitrogens with one attached hydrogen (secondary N) is 2. The summed E-state index contributed by atoms with van der Waals surface area (Å²) in [7, 11) is 1.34. The third-order valence-corrected chi connectivity index (χ3v) is 5.99. The lowest BCUT2D eigenvalue weighted by molar-refractivity contribution is -0.142. The van der Waals surface area contributed by atoms with Crippen molar-refractivity contribution in [1.82, 2.24) is 15.5 Å². The van der Waals surface area contributed by atoms with Crippen LogP contribution >= 0.6 is 12.2 Å². The first kappa shape index (κ1) is 22.9. The van der Waals surface area contributed by atoms with Crippen LogP contribution in [0.15, 0.2) is 30.3 Å². The number of carbonyl (C=O) groups is 2. The summed E-state index contributed by atoms with van der Waals surface area (Å²) in [5, 5.41) is 16.2. The monoisotopic (exact) mass is 421 g/mol. The molecule has 1 amide bonds. The van der Waals surface area contributed by atoms with Gasteiger partial charge in [0, 0.05) is 19.5 Å². The number of methoxy groups -OCH3 is 1. The Bertz CT molecular complexity index is 735. The Labute approximate surface area is 177 Å². The maximum absolute atomic E-state index is 12.2. The van der Waals surface area contributed by atoms with Crippen molar-refractivity contribution in [1.29, 1.82) is 0 Å². The van der Waals surface area contributed by atoms with Crippen LogP contribution in [0.2, 0.25) is 0 Å². The summed E-state index contributed by atoms with van der Waals surface area (Å²) in [6.07, 6.45) is 1.07. The number of hydrogen-bond acceptors (Lipinski definition) is 4. The molecule has 29 heavy (non-hydrogen) atoms. The summed E-state index contributed by atoms with van der Waals surface area (Å²) in [5.74, 6) is -0.406. The van der Waals surface area contributed by atoms with Crippen LogP contribution in [-0.2, 0) is 16.0 Å². The number of hydrogen-bond donors (Lipinski definition) is 3. The van der Waals surface area contributed by atoms with Crippen molar-refractivity contribution in [2.75, 3.05) is 20.2 Å². The smallest absolute Gasteiger partial charge is 0.407 e. The molecule has 1 saturated heterocycles. The average Bonchev–Trinajstić information content (AvgIpc) is 3.12. The molecule has 2 atom stereocenters. The third kappa shape index (κ3) is 5.38. The number of ether oxygens (including phenoxy) is 1. The number of thiocarbonyl (C=S) groups is 1. The van der Waals surface area contributed by atoms with E-state index < -0.39 is 23.6 Å². The predicted molar refractivity (Wildman–Crippen MR) is 116 cm³/mol. The standard InChI is InChI=1S/C21H31N3O4S/c1-20(2,3)21(11-8-12-24(21)19(26)27)14-22-18(29)23-16(17(25)28-4)13-15-9-6-5-7-10-15/h5-7,9-10,16H,8,11-14H2,1-4H3,(H,26,27)(H2,22,23,29). The molecule has 0 bridgehead atoms. The molecule has 0 aromatic heterocycles. The largest absolute Gasteiger partial charge is 0.467 e. The first-order chi connectivity index (χ1) is 13.6. The summed E-state index contributed by atoms with van der Waals surface area (Å²) in [6, 6.07) is 8.98. The van der Waals surface area contributed by atoms with Gasteiger partial charge in [-0.05, 0) is 36.0 Å². The Morgan fingerprint density at radius 3 is 2.52 bits per heavy atom. The molecular weight excluding hydrogens is 390 g/mol. The van der Waals surface area contributed by atoms with Gasteiger partial charge in [-0.2, -0.15) is 0 Å². The Balaban J connectivity index is 2.08. The van der Waals surface area contributed by atoms with Gasteiger partial charge in [-0.15, -0.1) is 0 Å². The van der Waals surface area contributed by atoms with E-state index in [4.69, 9.17) is 17.0 Å². The van der Waals surface area contributed by atoms with Crippen molar-refractivity contribution >= 4 is 29.4 Å². The molecule has 0 aliphatic carbocycles. The van der Waals surface area contributed by atoms with Gasteiger partial charge < -0.3 is 25.4 Å². The second-order valence-corrected chi connectivity index (χ2v) is 8.82. The van der Waals surface area contributed by atoms with E-state index in [-0.39, 0.29) is 5.41 Å². The van der Waals surface area contributed by atoms with Crippen molar-refractivity contribution in [2.45, 2.75) is 51.6 Å². The van der Waals surface area contributed by atoms with Gasteiger partial charge >= 0.3 is 12.1 Å². The number of nitrogens with zero attached hydrogens (tertiary/aromatic N) is 1. The van der Waals surface area contributed by atoms with Crippen molar-refractivity contribution in [2.24, 2.45) is 5.41 Å². The van der Waals surface area contributed by atoms with Crippen molar-refractivity contribution < 1.29 is 19.4 Å². The lowest BCUT2D eigenvalue weighted by atomic mass is 9.71. The highest BCUT2D eigenvalue weighted by molar-refractivity contribution is 7.80. The Kier molecular flexibility index (Phi) is 7.46. The molecule has 1 aliphatic heterocycles. The minimum Gasteiger partial charge on any atom is -0.467 e. The Hall–Kier alpha value is -2.35. The molecule has 1 heterocycles. The molecule has 0 radical (unpaired) electrons. The maximum Gasteiger partial charge on any atom is 0.407 e. The SMILES string of the molecule is COC(=O)C(Cc1ccccc1)NC(=S)NCC1(C(C)(C)C)CCCN1C(=O)O. The quantitative estimate of drug-likeness (QED) is 0.481. The van der Waals surface area contributed by atoms with Crippen molar-refractivity contribution in [3.63, 3.8) is 0 Å². The Morgan fingerprint density at radius 2 is 1.97 bits per heavy atom. The first-order valence-electron chi connectivity index (χ1n) is 9.77. The molecule has 1 fully saturated rings. The molecule has 2 unspecified atom stereocenters. The maximum atomic E-state index is 12.2. The molecule has 1 aliphatic rings. The second-order valence-electron chi connectivity index (χ2n) is 8.41. The van der Waals surface area contributed by atoms with Gasteiger partial charge in [0.2, 0.25) is 0 Å². The zero-order valence-electron chi connectivity index (χ0n) is 17.5. The van der Waals surface area contributed by atoms with Crippen LogP contribution in [-0.4, -0.2) is 59.0 Å². The number of esters is 1.